The summed E-state index contributed by atoms with van der Waals surface area (Å²) in [5, 5.41) is 13.3. The quantitative estimate of drug-likeness (QED) is 0.568. The highest BCUT2D eigenvalue weighted by molar-refractivity contribution is 6.09. The van der Waals surface area contributed by atoms with Crippen LogP contribution in [0.1, 0.15) is 23.2 Å². The van der Waals surface area contributed by atoms with E-state index in [0.29, 0.717) is 29.1 Å². The van der Waals surface area contributed by atoms with Crippen LogP contribution in [0, 0.1) is 5.92 Å². The molecule has 0 bridgehead atoms. The SMILES string of the molecule is O=C(Nc1ccc(O)c2ncccc12)c1ccc(OC(F)F)c(OCC2CC2)c1. The van der Waals surface area contributed by atoms with Crippen molar-refractivity contribution < 1.29 is 28.2 Å². The fraction of sp³-hybridized carbons (Fsp3) is 0.238. The number of hydrogen-bond acceptors (Lipinski definition) is 5. The maximum Gasteiger partial charge on any atom is 0.387 e. The molecule has 0 unspecified atom stereocenters. The summed E-state index contributed by atoms with van der Waals surface area (Å²) in [6.45, 7) is -2.60. The highest BCUT2D eigenvalue weighted by atomic mass is 19.3. The van der Waals surface area contributed by atoms with Crippen LogP contribution in [-0.2, 0) is 0 Å². The van der Waals surface area contributed by atoms with Crippen molar-refractivity contribution in [2.75, 3.05) is 11.9 Å². The highest BCUT2D eigenvalue weighted by Gasteiger charge is 2.23. The Morgan fingerprint density at radius 2 is 2.03 bits per heavy atom. The zero-order chi connectivity index (χ0) is 20.4. The van der Waals surface area contributed by atoms with Gasteiger partial charge >= 0.3 is 6.61 Å². The summed E-state index contributed by atoms with van der Waals surface area (Å²) >= 11 is 0. The normalized spacial score (nSPS) is 13.5. The summed E-state index contributed by atoms with van der Waals surface area (Å²) in [6, 6.07) is 10.5. The van der Waals surface area contributed by atoms with Gasteiger partial charge in [-0.1, -0.05) is 0 Å². The standard InChI is InChI=1S/C21H18F2N2O4/c22-21(23)29-17-8-5-13(10-18(17)28-11-12-3-4-12)20(27)25-15-6-7-16(26)19-14(15)2-1-9-24-19/h1-2,5-10,12,21,26H,3-4,11H2,(H,25,27). The van der Waals surface area contributed by atoms with Crippen LogP contribution < -0.4 is 14.8 Å². The Balaban J connectivity index is 1.59. The Morgan fingerprint density at radius 3 is 2.79 bits per heavy atom. The van der Waals surface area contributed by atoms with Gasteiger partial charge in [0.2, 0.25) is 0 Å². The molecule has 29 heavy (non-hydrogen) atoms. The summed E-state index contributed by atoms with van der Waals surface area (Å²) < 4.78 is 35.4. The number of rotatable bonds is 7. The lowest BCUT2D eigenvalue weighted by Gasteiger charge is -2.14. The predicted molar refractivity (Wildman–Crippen MR) is 103 cm³/mol. The van der Waals surface area contributed by atoms with Gasteiger partial charge in [0.05, 0.1) is 12.3 Å². The second-order valence-electron chi connectivity index (χ2n) is 6.78. The number of carbonyl (C=O) groups excluding carboxylic acids is 1. The Bertz CT molecular complexity index is 1050. The van der Waals surface area contributed by atoms with Crippen LogP contribution in [0.3, 0.4) is 0 Å². The average molecular weight is 400 g/mol. The van der Waals surface area contributed by atoms with E-state index in [9.17, 15) is 18.7 Å². The minimum absolute atomic E-state index is 0.00265. The summed E-state index contributed by atoms with van der Waals surface area (Å²) in [7, 11) is 0. The van der Waals surface area contributed by atoms with Crippen molar-refractivity contribution in [2.24, 2.45) is 5.92 Å². The number of aromatic nitrogens is 1. The predicted octanol–water partition coefficient (Wildman–Crippen LogP) is 4.58. The van der Waals surface area contributed by atoms with Gasteiger partial charge in [0.25, 0.3) is 5.91 Å². The van der Waals surface area contributed by atoms with Gasteiger partial charge in [0.15, 0.2) is 11.5 Å². The fourth-order valence-electron chi connectivity index (χ4n) is 2.91. The number of amides is 1. The molecule has 1 aliphatic rings. The van der Waals surface area contributed by atoms with Crippen molar-refractivity contribution in [3.8, 4) is 17.2 Å². The first kappa shape index (κ1) is 18.9. The molecule has 0 spiro atoms. The van der Waals surface area contributed by atoms with E-state index in [1.54, 1.807) is 24.4 Å². The van der Waals surface area contributed by atoms with Crippen molar-refractivity contribution in [2.45, 2.75) is 19.5 Å². The number of anilines is 1. The van der Waals surface area contributed by atoms with Crippen molar-refractivity contribution >= 4 is 22.5 Å². The molecule has 150 valence electrons. The largest absolute Gasteiger partial charge is 0.506 e. The number of aromatic hydroxyl groups is 1. The number of phenols is 1. The van der Waals surface area contributed by atoms with Crippen LogP contribution in [0.2, 0.25) is 0 Å². The first-order chi connectivity index (χ1) is 14.0. The lowest BCUT2D eigenvalue weighted by Crippen LogP contribution is -2.13. The van der Waals surface area contributed by atoms with Gasteiger partial charge in [-0.25, -0.2) is 0 Å². The molecule has 1 saturated carbocycles. The fourth-order valence-corrected chi connectivity index (χ4v) is 2.91. The Morgan fingerprint density at radius 1 is 1.21 bits per heavy atom. The molecule has 0 aliphatic heterocycles. The summed E-state index contributed by atoms with van der Waals surface area (Å²) in [5.74, 6) is -0.0649. The maximum absolute atomic E-state index is 12.7. The molecule has 1 fully saturated rings. The monoisotopic (exact) mass is 400 g/mol. The molecule has 1 amide bonds. The van der Waals surface area contributed by atoms with Gasteiger partial charge in [-0.15, -0.1) is 0 Å². The van der Waals surface area contributed by atoms with Crippen molar-refractivity contribution in [3.63, 3.8) is 0 Å². The number of nitrogens with one attached hydrogen (secondary N) is 1. The number of alkyl halides is 2. The molecule has 2 aromatic carbocycles. The Kier molecular flexibility index (Phi) is 5.16. The Hall–Kier alpha value is -3.42. The number of fused-ring (bicyclic) bond motifs is 1. The van der Waals surface area contributed by atoms with E-state index >= 15 is 0 Å². The number of nitrogens with zero attached hydrogens (tertiary/aromatic N) is 1. The molecule has 4 rings (SSSR count). The van der Waals surface area contributed by atoms with Gasteiger partial charge in [-0.05, 0) is 61.2 Å². The minimum Gasteiger partial charge on any atom is -0.506 e. The maximum atomic E-state index is 12.7. The third-order valence-corrected chi connectivity index (χ3v) is 4.59. The minimum atomic E-state index is -2.99. The van der Waals surface area contributed by atoms with Gasteiger partial charge in [0.1, 0.15) is 11.3 Å². The summed E-state index contributed by atoms with van der Waals surface area (Å²) in [5.41, 5.74) is 1.05. The van der Waals surface area contributed by atoms with E-state index in [1.807, 2.05) is 0 Å². The molecular weight excluding hydrogens is 382 g/mol. The second-order valence-corrected chi connectivity index (χ2v) is 6.78. The number of phenolic OH excluding ortho intramolecular Hbond substituents is 1. The van der Waals surface area contributed by atoms with E-state index in [2.05, 4.69) is 15.0 Å². The molecule has 8 heteroatoms. The third-order valence-electron chi connectivity index (χ3n) is 4.59. The zero-order valence-corrected chi connectivity index (χ0v) is 15.3. The van der Waals surface area contributed by atoms with Gasteiger partial charge in [-0.2, -0.15) is 8.78 Å². The molecule has 1 aromatic heterocycles. The molecule has 0 radical (unpaired) electrons. The molecule has 1 aliphatic carbocycles. The number of ether oxygens (including phenoxy) is 2. The van der Waals surface area contributed by atoms with E-state index < -0.39 is 12.5 Å². The number of hydrogen-bond donors (Lipinski definition) is 2. The number of benzene rings is 2. The second kappa shape index (κ2) is 7.90. The number of pyridine rings is 1. The first-order valence-electron chi connectivity index (χ1n) is 9.11. The topological polar surface area (TPSA) is 80.7 Å². The molecule has 0 atom stereocenters. The highest BCUT2D eigenvalue weighted by Crippen LogP contribution is 2.35. The summed E-state index contributed by atoms with van der Waals surface area (Å²) in [4.78, 5) is 16.9. The molecule has 1 heterocycles. The zero-order valence-electron chi connectivity index (χ0n) is 15.3. The lowest BCUT2D eigenvalue weighted by molar-refractivity contribution is -0.0515. The number of halogens is 2. The number of carbonyl (C=O) groups is 1. The van der Waals surface area contributed by atoms with E-state index in [0.717, 1.165) is 12.8 Å². The van der Waals surface area contributed by atoms with Crippen LogP contribution in [0.15, 0.2) is 48.7 Å². The van der Waals surface area contributed by atoms with Crippen molar-refractivity contribution in [1.29, 1.82) is 0 Å². The van der Waals surface area contributed by atoms with E-state index in [-0.39, 0.29) is 22.8 Å². The van der Waals surface area contributed by atoms with Crippen LogP contribution in [0.4, 0.5) is 14.5 Å². The van der Waals surface area contributed by atoms with Gasteiger partial charge in [0, 0.05) is 17.1 Å². The van der Waals surface area contributed by atoms with Crippen molar-refractivity contribution in [3.05, 3.63) is 54.2 Å². The third kappa shape index (κ3) is 4.37. The van der Waals surface area contributed by atoms with Crippen LogP contribution in [-0.4, -0.2) is 29.2 Å². The van der Waals surface area contributed by atoms with Crippen molar-refractivity contribution in [1.82, 2.24) is 4.98 Å². The average Bonchev–Trinajstić information content (AvgIpc) is 3.53. The molecule has 2 N–H and O–H groups in total. The van der Waals surface area contributed by atoms with E-state index in [1.165, 1.54) is 24.3 Å². The van der Waals surface area contributed by atoms with E-state index in [4.69, 9.17) is 4.74 Å². The molecule has 0 saturated heterocycles. The molecular formula is C21H18F2N2O4. The van der Waals surface area contributed by atoms with Crippen LogP contribution >= 0.6 is 0 Å². The molecule has 6 nitrogen and oxygen atoms in total. The van der Waals surface area contributed by atoms with Crippen LogP contribution in [0.25, 0.3) is 10.9 Å². The van der Waals surface area contributed by atoms with Gasteiger partial charge in [-0.3, -0.25) is 9.78 Å². The van der Waals surface area contributed by atoms with Gasteiger partial charge < -0.3 is 19.9 Å². The smallest absolute Gasteiger partial charge is 0.387 e. The van der Waals surface area contributed by atoms with Crippen LogP contribution in [0.5, 0.6) is 17.2 Å². The lowest BCUT2D eigenvalue weighted by atomic mass is 10.1. The Labute approximate surface area is 165 Å². The molecule has 3 aromatic rings. The first-order valence-corrected chi connectivity index (χ1v) is 9.11. The summed E-state index contributed by atoms with van der Waals surface area (Å²) in [6.07, 6.45) is 3.61.